The Bertz CT molecular complexity index is 1300. The van der Waals surface area contributed by atoms with Crippen LogP contribution in [-0.4, -0.2) is 20.0 Å². The zero-order valence-electron chi connectivity index (χ0n) is 17.6. The van der Waals surface area contributed by atoms with Gasteiger partial charge in [-0.25, -0.2) is 4.98 Å². The number of nitrogens with zero attached hydrogens (tertiary/aromatic N) is 3. The lowest BCUT2D eigenvalue weighted by Gasteiger charge is -2.10. The second kappa shape index (κ2) is 8.40. The maximum absolute atomic E-state index is 13.1. The minimum absolute atomic E-state index is 0.116. The second-order valence-corrected chi connectivity index (χ2v) is 8.30. The number of carbonyl (C=O) groups excluding carboxylic acids is 1. The van der Waals surface area contributed by atoms with E-state index in [1.54, 1.807) is 23.7 Å². The number of aryl methyl sites for hydroxylation is 1. The van der Waals surface area contributed by atoms with Crippen molar-refractivity contribution in [2.24, 2.45) is 7.05 Å². The molecule has 1 N–H and O–H groups in total. The molecule has 7 heteroatoms. The molecule has 0 bridgehead atoms. The SMILES string of the molecule is CC(C)c1ccc(NC(=O)Cn2cnc3c(-c4ccc(Cl)cc4)cn(C)c3c2=O)cc1. The molecule has 0 aliphatic heterocycles. The highest BCUT2D eigenvalue weighted by Crippen LogP contribution is 2.28. The molecular weight excluding hydrogens is 412 g/mol. The molecule has 0 saturated heterocycles. The van der Waals surface area contributed by atoms with Crippen molar-refractivity contribution in [3.8, 4) is 11.1 Å². The van der Waals surface area contributed by atoms with E-state index in [4.69, 9.17) is 11.6 Å². The minimum atomic E-state index is -0.285. The van der Waals surface area contributed by atoms with Crippen LogP contribution in [0.15, 0.2) is 65.8 Å². The van der Waals surface area contributed by atoms with Crippen LogP contribution in [0.4, 0.5) is 5.69 Å². The van der Waals surface area contributed by atoms with Crippen LogP contribution in [0.5, 0.6) is 0 Å². The number of rotatable bonds is 5. The van der Waals surface area contributed by atoms with E-state index in [9.17, 15) is 9.59 Å². The average Bonchev–Trinajstić information content (AvgIpc) is 3.08. The molecule has 1 amide bonds. The number of benzene rings is 2. The van der Waals surface area contributed by atoms with Gasteiger partial charge in [-0.3, -0.25) is 14.2 Å². The molecule has 2 aromatic heterocycles. The lowest BCUT2D eigenvalue weighted by Crippen LogP contribution is -2.28. The van der Waals surface area contributed by atoms with Gasteiger partial charge in [-0.1, -0.05) is 49.7 Å². The number of fused-ring (bicyclic) bond motifs is 1. The molecule has 0 atom stereocenters. The molecule has 2 aromatic carbocycles. The topological polar surface area (TPSA) is 68.9 Å². The van der Waals surface area contributed by atoms with Gasteiger partial charge >= 0.3 is 0 Å². The average molecular weight is 435 g/mol. The number of hydrogen-bond donors (Lipinski definition) is 1. The highest BCUT2D eigenvalue weighted by molar-refractivity contribution is 6.30. The van der Waals surface area contributed by atoms with Gasteiger partial charge in [0, 0.05) is 29.5 Å². The number of halogens is 1. The van der Waals surface area contributed by atoms with Gasteiger partial charge < -0.3 is 9.88 Å². The summed E-state index contributed by atoms with van der Waals surface area (Å²) >= 11 is 5.98. The Morgan fingerprint density at radius 3 is 2.42 bits per heavy atom. The summed E-state index contributed by atoms with van der Waals surface area (Å²) in [5, 5.41) is 3.48. The van der Waals surface area contributed by atoms with Crippen molar-refractivity contribution in [2.75, 3.05) is 5.32 Å². The second-order valence-electron chi connectivity index (χ2n) is 7.86. The number of carbonyl (C=O) groups is 1. The molecule has 6 nitrogen and oxygen atoms in total. The van der Waals surface area contributed by atoms with Gasteiger partial charge in [-0.2, -0.15) is 0 Å². The van der Waals surface area contributed by atoms with Crippen LogP contribution in [0, 0.1) is 0 Å². The molecule has 0 aliphatic carbocycles. The van der Waals surface area contributed by atoms with Crippen molar-refractivity contribution in [1.82, 2.24) is 14.1 Å². The Kier molecular flexibility index (Phi) is 5.65. The zero-order chi connectivity index (χ0) is 22.1. The van der Waals surface area contributed by atoms with E-state index in [1.807, 2.05) is 42.6 Å². The molecule has 0 spiro atoms. The molecule has 0 aliphatic rings. The van der Waals surface area contributed by atoms with Crippen molar-refractivity contribution >= 4 is 34.2 Å². The standard InChI is InChI=1S/C24H23ClN4O2/c1-15(2)16-6-10-19(11-7-16)27-21(30)13-29-14-26-22-20(12-28(3)23(22)24(29)31)17-4-8-18(25)9-5-17/h4-12,14-15H,13H2,1-3H3,(H,27,30). The van der Waals surface area contributed by atoms with Gasteiger partial charge in [0.05, 0.1) is 6.33 Å². The fourth-order valence-electron chi connectivity index (χ4n) is 3.57. The van der Waals surface area contributed by atoms with Crippen LogP contribution in [0.3, 0.4) is 0 Å². The summed E-state index contributed by atoms with van der Waals surface area (Å²) in [4.78, 5) is 30.1. The van der Waals surface area contributed by atoms with Gasteiger partial charge in [0.15, 0.2) is 0 Å². The van der Waals surface area contributed by atoms with Crippen LogP contribution >= 0.6 is 11.6 Å². The van der Waals surface area contributed by atoms with Gasteiger partial charge in [0.2, 0.25) is 5.91 Å². The van der Waals surface area contributed by atoms with Crippen LogP contribution < -0.4 is 10.9 Å². The maximum Gasteiger partial charge on any atom is 0.278 e. The molecule has 0 saturated carbocycles. The predicted octanol–water partition coefficient (Wildman–Crippen LogP) is 4.82. The fraction of sp³-hybridized carbons (Fsp3) is 0.208. The normalized spacial score (nSPS) is 11.3. The third kappa shape index (κ3) is 4.25. The van der Waals surface area contributed by atoms with E-state index < -0.39 is 0 Å². The van der Waals surface area contributed by atoms with E-state index in [1.165, 1.54) is 16.5 Å². The Morgan fingerprint density at radius 2 is 1.77 bits per heavy atom. The summed E-state index contributed by atoms with van der Waals surface area (Å²) in [6, 6.07) is 15.1. The molecule has 4 rings (SSSR count). The van der Waals surface area contributed by atoms with Gasteiger partial charge in [0.1, 0.15) is 17.6 Å². The summed E-state index contributed by atoms with van der Waals surface area (Å²) < 4.78 is 3.07. The first-order valence-electron chi connectivity index (χ1n) is 10.0. The van der Waals surface area contributed by atoms with Gasteiger partial charge in [-0.05, 0) is 41.3 Å². The van der Waals surface area contributed by atoms with E-state index >= 15 is 0 Å². The van der Waals surface area contributed by atoms with Crippen molar-refractivity contribution in [2.45, 2.75) is 26.3 Å². The highest BCUT2D eigenvalue weighted by Gasteiger charge is 2.16. The van der Waals surface area contributed by atoms with Gasteiger partial charge in [0.25, 0.3) is 5.56 Å². The third-order valence-corrected chi connectivity index (χ3v) is 5.53. The van der Waals surface area contributed by atoms with Gasteiger partial charge in [-0.15, -0.1) is 0 Å². The number of nitrogens with one attached hydrogen (secondary N) is 1. The Morgan fingerprint density at radius 1 is 1.10 bits per heavy atom. The summed E-state index contributed by atoms with van der Waals surface area (Å²) in [6.45, 7) is 4.12. The Labute approximate surface area is 185 Å². The maximum atomic E-state index is 13.1. The third-order valence-electron chi connectivity index (χ3n) is 5.27. The van der Waals surface area contributed by atoms with E-state index in [0.717, 1.165) is 11.1 Å². The number of hydrogen-bond acceptors (Lipinski definition) is 3. The minimum Gasteiger partial charge on any atom is -0.344 e. The first-order valence-corrected chi connectivity index (χ1v) is 10.4. The van der Waals surface area contributed by atoms with Crippen LogP contribution in [0.1, 0.15) is 25.3 Å². The van der Waals surface area contributed by atoms with E-state index in [2.05, 4.69) is 24.1 Å². The quantitative estimate of drug-likeness (QED) is 0.489. The molecule has 158 valence electrons. The monoisotopic (exact) mass is 434 g/mol. The lowest BCUT2D eigenvalue weighted by molar-refractivity contribution is -0.116. The molecule has 0 radical (unpaired) electrons. The Hall–Kier alpha value is -3.38. The molecule has 0 unspecified atom stereocenters. The summed E-state index contributed by atoms with van der Waals surface area (Å²) in [6.07, 6.45) is 3.29. The van der Waals surface area contributed by atoms with Crippen LogP contribution in [0.25, 0.3) is 22.2 Å². The number of anilines is 1. The summed E-state index contributed by atoms with van der Waals surface area (Å²) in [5.74, 6) is 0.136. The molecule has 0 fully saturated rings. The van der Waals surface area contributed by atoms with Crippen LogP contribution in [-0.2, 0) is 18.4 Å². The van der Waals surface area contributed by atoms with Crippen molar-refractivity contribution in [1.29, 1.82) is 0 Å². The summed E-state index contributed by atoms with van der Waals surface area (Å²) in [7, 11) is 1.80. The molecule has 4 aromatic rings. The van der Waals surface area contributed by atoms with E-state index in [-0.39, 0.29) is 18.0 Å². The van der Waals surface area contributed by atoms with Crippen molar-refractivity contribution < 1.29 is 4.79 Å². The first-order chi connectivity index (χ1) is 14.8. The summed E-state index contributed by atoms with van der Waals surface area (Å²) in [5.41, 5.74) is 4.43. The smallest absolute Gasteiger partial charge is 0.278 e. The number of aromatic nitrogens is 3. The predicted molar refractivity (Wildman–Crippen MR) is 125 cm³/mol. The Balaban J connectivity index is 1.59. The number of amides is 1. The van der Waals surface area contributed by atoms with Crippen LogP contribution in [0.2, 0.25) is 5.02 Å². The zero-order valence-corrected chi connectivity index (χ0v) is 18.3. The first kappa shape index (κ1) is 20.9. The molecule has 31 heavy (non-hydrogen) atoms. The van der Waals surface area contributed by atoms with Crippen molar-refractivity contribution in [3.05, 3.63) is 82.0 Å². The highest BCUT2D eigenvalue weighted by atomic mass is 35.5. The van der Waals surface area contributed by atoms with Crippen molar-refractivity contribution in [3.63, 3.8) is 0 Å². The molecular formula is C24H23ClN4O2. The van der Waals surface area contributed by atoms with E-state index in [0.29, 0.717) is 27.7 Å². The lowest BCUT2D eigenvalue weighted by atomic mass is 10.0. The largest absolute Gasteiger partial charge is 0.344 e. The fourth-order valence-corrected chi connectivity index (χ4v) is 3.70. The molecule has 2 heterocycles.